The number of hydrogen-bond donors (Lipinski definition) is 0. The summed E-state index contributed by atoms with van der Waals surface area (Å²) in [4.78, 5) is 6.48. The van der Waals surface area contributed by atoms with Gasteiger partial charge in [-0.25, -0.2) is 4.39 Å². The summed E-state index contributed by atoms with van der Waals surface area (Å²) < 4.78 is 18.9. The molecule has 2 aromatic rings. The van der Waals surface area contributed by atoms with Crippen LogP contribution in [0.3, 0.4) is 0 Å². The van der Waals surface area contributed by atoms with E-state index in [2.05, 4.69) is 41.9 Å². The molecular weight excluding hydrogens is 485 g/mol. The van der Waals surface area contributed by atoms with Crippen LogP contribution in [0.4, 0.5) is 4.39 Å². The molecule has 0 amide bonds. The third-order valence-corrected chi connectivity index (χ3v) is 8.60. The number of benzene rings is 1. The first kappa shape index (κ1) is 28.6. The highest BCUT2D eigenvalue weighted by molar-refractivity contribution is 7.12. The lowest BCUT2D eigenvalue weighted by Gasteiger charge is -2.39. The second-order valence-corrected chi connectivity index (χ2v) is 11.0. The predicted octanol–water partition coefficient (Wildman–Crippen LogP) is 5.72. The van der Waals surface area contributed by atoms with Crippen LogP contribution >= 0.6 is 11.3 Å². The van der Waals surface area contributed by atoms with E-state index in [0.29, 0.717) is 29.7 Å². The van der Waals surface area contributed by atoms with Gasteiger partial charge in [-0.1, -0.05) is 13.8 Å². The van der Waals surface area contributed by atoms with E-state index in [1.54, 1.807) is 12.1 Å². The van der Waals surface area contributed by atoms with Crippen molar-refractivity contribution in [2.24, 2.45) is 5.92 Å². The van der Waals surface area contributed by atoms with Crippen LogP contribution in [0.2, 0.25) is 0 Å². The van der Waals surface area contributed by atoms with Crippen LogP contribution in [0.1, 0.15) is 55.7 Å². The number of likely N-dealkylation sites (tertiary alicyclic amines) is 1. The Bertz CT molecular complexity index is 1110. The van der Waals surface area contributed by atoms with E-state index in [9.17, 15) is 14.9 Å². The average molecular weight is 522 g/mol. The minimum atomic E-state index is -0.559. The summed E-state index contributed by atoms with van der Waals surface area (Å²) in [6.07, 6.45) is 4.26. The molecule has 1 saturated heterocycles. The molecule has 6 nitrogen and oxygen atoms in total. The number of halogens is 1. The van der Waals surface area contributed by atoms with E-state index in [0.717, 1.165) is 63.3 Å². The smallest absolute Gasteiger partial charge is 0.123 e. The van der Waals surface area contributed by atoms with E-state index in [4.69, 9.17) is 10.00 Å². The molecular formula is C29H36FN5OS. The molecule has 0 spiro atoms. The average Bonchev–Trinajstić information content (AvgIpc) is 3.40. The van der Waals surface area contributed by atoms with Crippen molar-refractivity contribution >= 4 is 11.3 Å². The van der Waals surface area contributed by atoms with Gasteiger partial charge in [0.1, 0.15) is 29.1 Å². The second kappa shape index (κ2) is 14.1. The maximum absolute atomic E-state index is 13.1. The lowest BCUT2D eigenvalue weighted by molar-refractivity contribution is 0.0945. The molecule has 1 aromatic heterocycles. The molecule has 37 heavy (non-hydrogen) atoms. The van der Waals surface area contributed by atoms with Crippen LogP contribution in [0, 0.1) is 45.7 Å². The van der Waals surface area contributed by atoms with Gasteiger partial charge in [0.25, 0.3) is 0 Å². The Labute approximate surface area is 224 Å². The number of rotatable bonds is 13. The van der Waals surface area contributed by atoms with E-state index >= 15 is 0 Å². The fourth-order valence-electron chi connectivity index (χ4n) is 5.15. The highest BCUT2D eigenvalue weighted by Crippen LogP contribution is 2.40. The zero-order chi connectivity index (χ0) is 26.7. The van der Waals surface area contributed by atoms with Gasteiger partial charge in [0.2, 0.25) is 0 Å². The molecule has 1 aromatic carbocycles. The molecule has 0 saturated carbocycles. The Morgan fingerprint density at radius 3 is 2.43 bits per heavy atom. The van der Waals surface area contributed by atoms with Crippen molar-refractivity contribution in [3.63, 3.8) is 0 Å². The van der Waals surface area contributed by atoms with E-state index < -0.39 is 5.41 Å². The zero-order valence-corrected chi connectivity index (χ0v) is 22.6. The molecule has 1 aliphatic rings. The van der Waals surface area contributed by atoms with Crippen molar-refractivity contribution < 1.29 is 9.13 Å². The predicted molar refractivity (Wildman–Crippen MR) is 144 cm³/mol. The number of piperidine rings is 1. The van der Waals surface area contributed by atoms with E-state index in [1.807, 2.05) is 12.1 Å². The van der Waals surface area contributed by atoms with Gasteiger partial charge in [0.15, 0.2) is 0 Å². The van der Waals surface area contributed by atoms with Gasteiger partial charge in [-0.2, -0.15) is 15.8 Å². The second-order valence-electron chi connectivity index (χ2n) is 9.94. The molecule has 196 valence electrons. The van der Waals surface area contributed by atoms with Crippen LogP contribution in [0.25, 0.3) is 0 Å². The van der Waals surface area contributed by atoms with Gasteiger partial charge >= 0.3 is 0 Å². The highest BCUT2D eigenvalue weighted by atomic mass is 32.1. The minimum Gasteiger partial charge on any atom is -0.492 e. The molecule has 0 radical (unpaired) electrons. The van der Waals surface area contributed by atoms with Crippen molar-refractivity contribution in [1.29, 1.82) is 15.8 Å². The van der Waals surface area contributed by atoms with E-state index in [-0.39, 0.29) is 11.7 Å². The summed E-state index contributed by atoms with van der Waals surface area (Å²) in [6, 6.07) is 17.3. The van der Waals surface area contributed by atoms with Crippen LogP contribution < -0.4 is 4.74 Å². The summed E-state index contributed by atoms with van der Waals surface area (Å²) in [5.74, 6) is 0.536. The highest BCUT2D eigenvalue weighted by Gasteiger charge is 2.37. The fraction of sp³-hybridized carbons (Fsp3) is 0.552. The molecule has 0 aliphatic carbocycles. The Balaban J connectivity index is 1.48. The molecule has 1 unspecified atom stereocenters. The Morgan fingerprint density at radius 1 is 1.11 bits per heavy atom. The monoisotopic (exact) mass is 521 g/mol. The summed E-state index contributed by atoms with van der Waals surface area (Å²) >= 11 is 1.44. The molecule has 8 heteroatoms. The van der Waals surface area contributed by atoms with Crippen molar-refractivity contribution in [1.82, 2.24) is 9.80 Å². The first-order valence-corrected chi connectivity index (χ1v) is 13.9. The zero-order valence-electron chi connectivity index (χ0n) is 21.8. The number of nitriles is 3. The summed E-state index contributed by atoms with van der Waals surface area (Å²) in [5, 5.41) is 28.5. The van der Waals surface area contributed by atoms with Crippen LogP contribution in [0.5, 0.6) is 5.75 Å². The SMILES string of the molecule is CC(C)C(C#N)(CCCN1CCC(N(CCC#N)CCOc2ccc(F)cc2)CC1)c1ccc(C#N)s1. The van der Waals surface area contributed by atoms with Gasteiger partial charge in [-0.3, -0.25) is 4.90 Å². The third-order valence-electron chi connectivity index (χ3n) is 7.43. The maximum Gasteiger partial charge on any atom is 0.123 e. The largest absolute Gasteiger partial charge is 0.492 e. The summed E-state index contributed by atoms with van der Waals surface area (Å²) in [6.45, 7) is 9.07. The van der Waals surface area contributed by atoms with E-state index in [1.165, 1.54) is 23.5 Å². The standard InChI is InChI=1S/C29H36FN5OS/c1-23(2)29(22-33,28-10-9-27(21-32)37-28)13-3-15-34-17-11-25(12-18-34)35(16-4-14-31)19-20-36-26-7-5-24(30)6-8-26/h5-10,23,25H,3-4,11-13,15-20H2,1-2H3. The number of hydrogen-bond acceptors (Lipinski definition) is 7. The molecule has 0 N–H and O–H groups in total. The molecule has 0 bridgehead atoms. The Kier molecular flexibility index (Phi) is 10.9. The first-order valence-electron chi connectivity index (χ1n) is 13.0. The van der Waals surface area contributed by atoms with Gasteiger partial charge in [0.05, 0.1) is 17.6 Å². The molecule has 2 heterocycles. The first-order chi connectivity index (χ1) is 17.9. The van der Waals surface area contributed by atoms with Crippen molar-refractivity contribution in [2.75, 3.05) is 39.3 Å². The van der Waals surface area contributed by atoms with Crippen LogP contribution in [-0.4, -0.2) is 55.2 Å². The topological polar surface area (TPSA) is 87.1 Å². The quantitative estimate of drug-likeness (QED) is 0.335. The Hall–Kier alpha value is -2.96. The lowest BCUT2D eigenvalue weighted by atomic mass is 9.73. The third kappa shape index (κ3) is 7.76. The van der Waals surface area contributed by atoms with Gasteiger partial charge < -0.3 is 9.64 Å². The van der Waals surface area contributed by atoms with Crippen molar-refractivity contribution in [2.45, 2.75) is 57.4 Å². The normalized spacial score (nSPS) is 16.2. The summed E-state index contributed by atoms with van der Waals surface area (Å²) in [5.41, 5.74) is -0.559. The fourth-order valence-corrected chi connectivity index (χ4v) is 6.27. The van der Waals surface area contributed by atoms with Gasteiger partial charge in [-0.05, 0) is 87.6 Å². The Morgan fingerprint density at radius 2 is 1.84 bits per heavy atom. The summed E-state index contributed by atoms with van der Waals surface area (Å²) in [7, 11) is 0. The molecule has 1 fully saturated rings. The van der Waals surface area contributed by atoms with Gasteiger partial charge in [0, 0.05) is 30.4 Å². The minimum absolute atomic E-state index is 0.166. The lowest BCUT2D eigenvalue weighted by Crippen LogP contribution is -2.46. The van der Waals surface area contributed by atoms with Crippen molar-refractivity contribution in [3.8, 4) is 24.0 Å². The maximum atomic E-state index is 13.1. The van der Waals surface area contributed by atoms with Crippen LogP contribution in [0.15, 0.2) is 36.4 Å². The molecule has 1 atom stereocenters. The van der Waals surface area contributed by atoms with Crippen molar-refractivity contribution in [3.05, 3.63) is 52.0 Å². The van der Waals surface area contributed by atoms with Crippen LogP contribution in [-0.2, 0) is 5.41 Å². The molecule has 3 rings (SSSR count). The number of nitrogens with zero attached hydrogens (tertiary/aromatic N) is 5. The van der Waals surface area contributed by atoms with Gasteiger partial charge in [-0.15, -0.1) is 11.3 Å². The number of thiophene rings is 1. The number of ether oxygens (including phenoxy) is 1. The molecule has 1 aliphatic heterocycles.